The van der Waals surface area contributed by atoms with Gasteiger partial charge >= 0.3 is 0 Å². The molecule has 0 amide bonds. The molecule has 1 aromatic heterocycles. The van der Waals surface area contributed by atoms with E-state index in [1.807, 2.05) is 6.92 Å². The fraction of sp³-hybridized carbons (Fsp3) is 0.231. The summed E-state index contributed by atoms with van der Waals surface area (Å²) in [7, 11) is 1.78. The molecule has 0 aliphatic carbocycles. The van der Waals surface area contributed by atoms with Gasteiger partial charge in [-0.1, -0.05) is 0 Å². The Bertz CT molecular complexity index is 572. The predicted octanol–water partition coefficient (Wildman–Crippen LogP) is 3.07. The monoisotopic (exact) mass is 247 g/mol. The summed E-state index contributed by atoms with van der Waals surface area (Å²) in [5, 5.41) is 2.95. The zero-order valence-corrected chi connectivity index (χ0v) is 10.5. The van der Waals surface area contributed by atoms with Crippen LogP contribution in [0.15, 0.2) is 24.5 Å². The highest BCUT2D eigenvalue weighted by molar-refractivity contribution is 5.48. The molecule has 2 rings (SSSR count). The van der Waals surface area contributed by atoms with Gasteiger partial charge in [0.05, 0.1) is 5.56 Å². The molecule has 2 aromatic rings. The second-order valence-electron chi connectivity index (χ2n) is 3.92. The first kappa shape index (κ1) is 12.3. The summed E-state index contributed by atoms with van der Waals surface area (Å²) in [5.41, 5.74) is 1.34. The summed E-state index contributed by atoms with van der Waals surface area (Å²) in [6, 6.07) is 4.58. The molecule has 0 spiro atoms. The van der Waals surface area contributed by atoms with Gasteiger partial charge in [0.2, 0.25) is 5.88 Å². The Morgan fingerprint density at radius 3 is 2.67 bits per heavy atom. The minimum atomic E-state index is -0.252. The summed E-state index contributed by atoms with van der Waals surface area (Å²) in [4.78, 5) is 8.14. The maximum atomic E-state index is 13.1. The highest BCUT2D eigenvalue weighted by atomic mass is 19.1. The van der Waals surface area contributed by atoms with Gasteiger partial charge in [-0.05, 0) is 37.6 Å². The number of aromatic nitrogens is 2. The highest BCUT2D eigenvalue weighted by Gasteiger charge is 2.08. The van der Waals surface area contributed by atoms with Gasteiger partial charge in [0.1, 0.15) is 23.7 Å². The lowest BCUT2D eigenvalue weighted by atomic mass is 10.2. The van der Waals surface area contributed by atoms with Crippen LogP contribution in [0.25, 0.3) is 0 Å². The number of anilines is 1. The molecule has 0 saturated heterocycles. The first-order valence-electron chi connectivity index (χ1n) is 5.55. The number of benzene rings is 1. The third-order valence-corrected chi connectivity index (χ3v) is 2.62. The Kier molecular flexibility index (Phi) is 3.41. The molecule has 18 heavy (non-hydrogen) atoms. The second kappa shape index (κ2) is 5.00. The molecular weight excluding hydrogens is 233 g/mol. The van der Waals surface area contributed by atoms with Gasteiger partial charge in [0.25, 0.3) is 0 Å². The minimum absolute atomic E-state index is 0.252. The smallest absolute Gasteiger partial charge is 0.227 e. The molecule has 0 bridgehead atoms. The van der Waals surface area contributed by atoms with Gasteiger partial charge in [0.15, 0.2) is 0 Å². The molecular formula is C13H14FN3O. The zero-order chi connectivity index (χ0) is 13.1. The molecule has 1 N–H and O–H groups in total. The van der Waals surface area contributed by atoms with Gasteiger partial charge in [-0.2, -0.15) is 0 Å². The molecule has 0 atom stereocenters. The Balaban J connectivity index is 2.31. The number of aryl methyl sites for hydroxylation is 1. The summed E-state index contributed by atoms with van der Waals surface area (Å²) in [6.07, 6.45) is 1.42. The number of ether oxygens (including phenoxy) is 1. The summed E-state index contributed by atoms with van der Waals surface area (Å²) >= 11 is 0. The molecule has 0 fully saturated rings. The van der Waals surface area contributed by atoms with Crippen molar-refractivity contribution in [3.8, 4) is 11.6 Å². The lowest BCUT2D eigenvalue weighted by Crippen LogP contribution is -2.00. The van der Waals surface area contributed by atoms with Crippen molar-refractivity contribution in [3.63, 3.8) is 0 Å². The minimum Gasteiger partial charge on any atom is -0.439 e. The van der Waals surface area contributed by atoms with E-state index in [4.69, 9.17) is 4.74 Å². The van der Waals surface area contributed by atoms with Crippen molar-refractivity contribution in [2.24, 2.45) is 0 Å². The van der Waals surface area contributed by atoms with E-state index in [-0.39, 0.29) is 5.82 Å². The van der Waals surface area contributed by atoms with Crippen LogP contribution in [-0.4, -0.2) is 17.0 Å². The lowest BCUT2D eigenvalue weighted by Gasteiger charge is -2.10. The van der Waals surface area contributed by atoms with Gasteiger partial charge < -0.3 is 10.1 Å². The Morgan fingerprint density at radius 1 is 1.22 bits per heavy atom. The highest BCUT2D eigenvalue weighted by Crippen LogP contribution is 2.26. The van der Waals surface area contributed by atoms with Gasteiger partial charge in [-0.3, -0.25) is 0 Å². The summed E-state index contributed by atoms with van der Waals surface area (Å²) in [6.45, 7) is 3.55. The molecule has 1 aromatic carbocycles. The predicted molar refractivity (Wildman–Crippen MR) is 67.5 cm³/mol. The molecule has 4 nitrogen and oxygen atoms in total. The van der Waals surface area contributed by atoms with Crippen molar-refractivity contribution in [2.45, 2.75) is 13.8 Å². The van der Waals surface area contributed by atoms with Crippen molar-refractivity contribution >= 4 is 5.82 Å². The topological polar surface area (TPSA) is 47.0 Å². The van der Waals surface area contributed by atoms with Crippen LogP contribution >= 0.6 is 0 Å². The van der Waals surface area contributed by atoms with Crippen LogP contribution in [0.4, 0.5) is 10.2 Å². The maximum absolute atomic E-state index is 13.1. The number of hydrogen-bond acceptors (Lipinski definition) is 4. The van der Waals surface area contributed by atoms with Crippen molar-refractivity contribution < 1.29 is 9.13 Å². The first-order valence-corrected chi connectivity index (χ1v) is 5.55. The molecule has 1 heterocycles. The Morgan fingerprint density at radius 2 is 2.00 bits per heavy atom. The number of halogens is 1. The molecule has 0 radical (unpaired) electrons. The maximum Gasteiger partial charge on any atom is 0.227 e. The first-order chi connectivity index (χ1) is 8.61. The number of rotatable bonds is 3. The molecule has 0 saturated carbocycles. The van der Waals surface area contributed by atoms with E-state index in [2.05, 4.69) is 15.3 Å². The average molecular weight is 247 g/mol. The van der Waals surface area contributed by atoms with Crippen LogP contribution in [0.5, 0.6) is 11.6 Å². The lowest BCUT2D eigenvalue weighted by molar-refractivity contribution is 0.455. The van der Waals surface area contributed by atoms with E-state index >= 15 is 0 Å². The standard InChI is InChI=1S/C13H14FN3O/c1-8-6-10(4-5-11(8)14)18-13-9(2)12(15-3)16-7-17-13/h4-7H,1-3H3,(H,15,16,17). The van der Waals surface area contributed by atoms with E-state index in [1.54, 1.807) is 26.1 Å². The van der Waals surface area contributed by atoms with E-state index in [0.717, 1.165) is 5.56 Å². The third-order valence-electron chi connectivity index (χ3n) is 2.62. The summed E-state index contributed by atoms with van der Waals surface area (Å²) in [5.74, 6) is 1.47. The normalized spacial score (nSPS) is 10.2. The zero-order valence-electron chi connectivity index (χ0n) is 10.5. The molecule has 0 aliphatic rings. The largest absolute Gasteiger partial charge is 0.439 e. The van der Waals surface area contributed by atoms with Gasteiger partial charge in [-0.25, -0.2) is 14.4 Å². The van der Waals surface area contributed by atoms with E-state index < -0.39 is 0 Å². The van der Waals surface area contributed by atoms with Crippen LogP contribution in [0, 0.1) is 19.7 Å². The number of nitrogens with zero attached hydrogens (tertiary/aromatic N) is 2. The Labute approximate surface area is 105 Å². The van der Waals surface area contributed by atoms with Gasteiger partial charge in [0, 0.05) is 7.05 Å². The van der Waals surface area contributed by atoms with E-state index in [0.29, 0.717) is 23.0 Å². The SMILES string of the molecule is CNc1ncnc(Oc2ccc(F)c(C)c2)c1C. The van der Waals surface area contributed by atoms with Crippen LogP contribution in [-0.2, 0) is 0 Å². The van der Waals surface area contributed by atoms with Crippen LogP contribution < -0.4 is 10.1 Å². The van der Waals surface area contributed by atoms with Crippen molar-refractivity contribution in [1.29, 1.82) is 0 Å². The summed E-state index contributed by atoms with van der Waals surface area (Å²) < 4.78 is 18.8. The Hall–Kier alpha value is -2.17. The second-order valence-corrected chi connectivity index (χ2v) is 3.92. The number of hydrogen-bond donors (Lipinski definition) is 1. The average Bonchev–Trinajstić information content (AvgIpc) is 2.36. The fourth-order valence-electron chi connectivity index (χ4n) is 1.58. The number of nitrogens with one attached hydrogen (secondary N) is 1. The van der Waals surface area contributed by atoms with Crippen molar-refractivity contribution in [3.05, 3.63) is 41.5 Å². The molecule has 0 aliphatic heterocycles. The van der Waals surface area contributed by atoms with Crippen molar-refractivity contribution in [2.75, 3.05) is 12.4 Å². The van der Waals surface area contributed by atoms with Crippen molar-refractivity contribution in [1.82, 2.24) is 9.97 Å². The molecule has 0 unspecified atom stereocenters. The quantitative estimate of drug-likeness (QED) is 0.905. The van der Waals surface area contributed by atoms with E-state index in [1.165, 1.54) is 12.4 Å². The van der Waals surface area contributed by atoms with Gasteiger partial charge in [-0.15, -0.1) is 0 Å². The van der Waals surface area contributed by atoms with Crippen LogP contribution in [0.3, 0.4) is 0 Å². The molecule has 5 heteroatoms. The van der Waals surface area contributed by atoms with Crippen LogP contribution in [0.2, 0.25) is 0 Å². The third kappa shape index (κ3) is 2.40. The molecule has 94 valence electrons. The fourth-order valence-corrected chi connectivity index (χ4v) is 1.58. The van der Waals surface area contributed by atoms with E-state index in [9.17, 15) is 4.39 Å². The van der Waals surface area contributed by atoms with Crippen LogP contribution in [0.1, 0.15) is 11.1 Å².